The number of alkyl halides is 1. The molecular weight excluding hydrogens is 250 g/mol. The number of nitrogens with zero attached hydrogens (tertiary/aromatic N) is 1. The first-order chi connectivity index (χ1) is 8.76. The highest BCUT2D eigenvalue weighted by molar-refractivity contribution is 6.18. The highest BCUT2D eigenvalue weighted by Gasteiger charge is 2.28. The third-order valence-corrected chi connectivity index (χ3v) is 3.84. The van der Waals surface area contributed by atoms with Crippen LogP contribution >= 0.6 is 11.6 Å². The zero-order valence-electron chi connectivity index (χ0n) is 9.93. The maximum absolute atomic E-state index is 11.8. The van der Waals surface area contributed by atoms with Crippen molar-refractivity contribution in [2.75, 3.05) is 12.4 Å². The van der Waals surface area contributed by atoms with Crippen LogP contribution in [-0.2, 0) is 11.3 Å². The van der Waals surface area contributed by atoms with Crippen LogP contribution in [0.15, 0.2) is 34.9 Å². The van der Waals surface area contributed by atoms with E-state index in [2.05, 4.69) is 6.07 Å². The van der Waals surface area contributed by atoms with Gasteiger partial charge in [-0.25, -0.2) is 0 Å². The van der Waals surface area contributed by atoms with E-state index in [4.69, 9.17) is 16.0 Å². The van der Waals surface area contributed by atoms with Crippen LogP contribution in [-0.4, -0.2) is 23.2 Å². The lowest BCUT2D eigenvalue weighted by Gasteiger charge is -2.16. The summed E-state index contributed by atoms with van der Waals surface area (Å²) in [5, 5.41) is 1.08. The Hall–Kier alpha value is -1.48. The minimum atomic E-state index is 0.202. The van der Waals surface area contributed by atoms with Crippen molar-refractivity contribution in [3.05, 3.63) is 36.1 Å². The van der Waals surface area contributed by atoms with E-state index in [0.717, 1.165) is 23.1 Å². The highest BCUT2D eigenvalue weighted by atomic mass is 35.5. The summed E-state index contributed by atoms with van der Waals surface area (Å²) in [7, 11) is 0. The fourth-order valence-electron chi connectivity index (χ4n) is 2.45. The average Bonchev–Trinajstić information content (AvgIpc) is 2.96. The third-order valence-electron chi connectivity index (χ3n) is 3.40. The Morgan fingerprint density at radius 3 is 3.06 bits per heavy atom. The molecule has 1 aliphatic heterocycles. The van der Waals surface area contributed by atoms with Crippen molar-refractivity contribution in [1.29, 1.82) is 0 Å². The van der Waals surface area contributed by atoms with Gasteiger partial charge in [0.2, 0.25) is 5.91 Å². The van der Waals surface area contributed by atoms with Gasteiger partial charge < -0.3 is 9.32 Å². The number of benzene rings is 1. The summed E-state index contributed by atoms with van der Waals surface area (Å²) < 4.78 is 5.30. The topological polar surface area (TPSA) is 33.5 Å². The van der Waals surface area contributed by atoms with Gasteiger partial charge in [-0.2, -0.15) is 0 Å². The van der Waals surface area contributed by atoms with E-state index in [-0.39, 0.29) is 5.91 Å². The molecule has 2 aromatic rings. The number of likely N-dealkylation sites (tertiary alicyclic amines) is 1. The molecule has 1 fully saturated rings. The Morgan fingerprint density at radius 1 is 1.39 bits per heavy atom. The zero-order chi connectivity index (χ0) is 12.5. The molecule has 0 N–H and O–H groups in total. The summed E-state index contributed by atoms with van der Waals surface area (Å²) in [5.41, 5.74) is 2.01. The molecule has 1 atom stereocenters. The first-order valence-corrected chi connectivity index (χ1v) is 6.59. The molecule has 3 rings (SSSR count). The minimum Gasteiger partial charge on any atom is -0.464 e. The first kappa shape index (κ1) is 11.6. The van der Waals surface area contributed by atoms with E-state index in [1.807, 2.05) is 23.1 Å². The summed E-state index contributed by atoms with van der Waals surface area (Å²) in [6, 6.07) is 7.96. The van der Waals surface area contributed by atoms with Crippen LogP contribution in [0.5, 0.6) is 0 Å². The molecule has 1 aliphatic rings. The summed E-state index contributed by atoms with van der Waals surface area (Å²) >= 11 is 5.81. The molecule has 1 aromatic carbocycles. The fraction of sp³-hybridized carbons (Fsp3) is 0.357. The van der Waals surface area contributed by atoms with Crippen LogP contribution in [0.4, 0.5) is 0 Å². The second-order valence-corrected chi connectivity index (χ2v) is 5.10. The Labute approximate surface area is 110 Å². The van der Waals surface area contributed by atoms with Gasteiger partial charge in [0.1, 0.15) is 5.58 Å². The monoisotopic (exact) mass is 263 g/mol. The van der Waals surface area contributed by atoms with Crippen molar-refractivity contribution in [2.45, 2.75) is 13.0 Å². The molecule has 1 unspecified atom stereocenters. The Bertz CT molecular complexity index is 578. The lowest BCUT2D eigenvalue weighted by molar-refractivity contribution is -0.128. The number of halogens is 1. The molecule has 4 heteroatoms. The van der Waals surface area contributed by atoms with Gasteiger partial charge in [-0.15, -0.1) is 11.6 Å². The standard InChI is InChI=1S/C14H14ClNO2/c15-7-11-6-14(17)16(9-11)8-10-1-2-13-12(5-10)3-4-18-13/h1-5,11H,6-9H2. The number of carbonyl (C=O) groups excluding carboxylic acids is 1. The van der Waals surface area contributed by atoms with Gasteiger partial charge in [0.15, 0.2) is 0 Å². The quantitative estimate of drug-likeness (QED) is 0.798. The Balaban J connectivity index is 1.77. The lowest BCUT2D eigenvalue weighted by atomic mass is 10.1. The SMILES string of the molecule is O=C1CC(CCl)CN1Cc1ccc2occc2c1. The molecule has 1 amide bonds. The molecule has 0 saturated carbocycles. The smallest absolute Gasteiger partial charge is 0.223 e. The second kappa shape index (κ2) is 4.65. The summed E-state index contributed by atoms with van der Waals surface area (Å²) in [5.74, 6) is 1.06. The van der Waals surface area contributed by atoms with Gasteiger partial charge in [0, 0.05) is 30.8 Å². The minimum absolute atomic E-state index is 0.202. The van der Waals surface area contributed by atoms with E-state index < -0.39 is 0 Å². The van der Waals surface area contributed by atoms with Crippen molar-refractivity contribution >= 4 is 28.5 Å². The zero-order valence-corrected chi connectivity index (χ0v) is 10.7. The molecule has 18 heavy (non-hydrogen) atoms. The number of hydrogen-bond donors (Lipinski definition) is 0. The first-order valence-electron chi connectivity index (χ1n) is 6.06. The number of rotatable bonds is 3. The Kier molecular flexibility index (Phi) is 3.00. The van der Waals surface area contributed by atoms with Gasteiger partial charge in [-0.1, -0.05) is 6.07 Å². The average molecular weight is 264 g/mol. The largest absolute Gasteiger partial charge is 0.464 e. The van der Waals surface area contributed by atoms with E-state index >= 15 is 0 Å². The molecule has 1 saturated heterocycles. The summed E-state index contributed by atoms with van der Waals surface area (Å²) in [4.78, 5) is 13.7. The third kappa shape index (κ3) is 2.10. The van der Waals surface area contributed by atoms with Gasteiger partial charge in [-0.05, 0) is 29.7 Å². The maximum atomic E-state index is 11.8. The number of amides is 1. The summed E-state index contributed by atoms with van der Waals surface area (Å²) in [6.07, 6.45) is 2.26. The van der Waals surface area contributed by atoms with Crippen LogP contribution < -0.4 is 0 Å². The molecule has 0 bridgehead atoms. The van der Waals surface area contributed by atoms with E-state index in [1.165, 1.54) is 0 Å². The van der Waals surface area contributed by atoms with Crippen LogP contribution in [0.25, 0.3) is 11.0 Å². The maximum Gasteiger partial charge on any atom is 0.223 e. The van der Waals surface area contributed by atoms with Crippen LogP contribution in [0.2, 0.25) is 0 Å². The molecule has 0 spiro atoms. The van der Waals surface area contributed by atoms with Crippen molar-refractivity contribution in [3.8, 4) is 0 Å². The van der Waals surface area contributed by atoms with Gasteiger partial charge in [0.05, 0.1) is 6.26 Å². The molecule has 0 radical (unpaired) electrons. The second-order valence-electron chi connectivity index (χ2n) is 4.79. The van der Waals surface area contributed by atoms with Crippen molar-refractivity contribution < 1.29 is 9.21 Å². The normalized spacial score (nSPS) is 19.9. The van der Waals surface area contributed by atoms with E-state index in [1.54, 1.807) is 6.26 Å². The molecule has 0 aliphatic carbocycles. The lowest BCUT2D eigenvalue weighted by Crippen LogP contribution is -2.24. The molecule has 94 valence electrons. The highest BCUT2D eigenvalue weighted by Crippen LogP contribution is 2.23. The number of furan rings is 1. The van der Waals surface area contributed by atoms with Crippen molar-refractivity contribution in [2.24, 2.45) is 5.92 Å². The number of hydrogen-bond acceptors (Lipinski definition) is 2. The predicted octanol–water partition coefficient (Wildman–Crippen LogP) is 3.02. The predicted molar refractivity (Wildman–Crippen MR) is 70.5 cm³/mol. The molecule has 1 aromatic heterocycles. The van der Waals surface area contributed by atoms with Crippen LogP contribution in [0, 0.1) is 5.92 Å². The molecule has 3 nitrogen and oxygen atoms in total. The number of fused-ring (bicyclic) bond motifs is 1. The molecular formula is C14H14ClNO2. The van der Waals surface area contributed by atoms with Gasteiger partial charge in [-0.3, -0.25) is 4.79 Å². The van der Waals surface area contributed by atoms with Crippen LogP contribution in [0.3, 0.4) is 0 Å². The van der Waals surface area contributed by atoms with Gasteiger partial charge >= 0.3 is 0 Å². The van der Waals surface area contributed by atoms with E-state index in [0.29, 0.717) is 24.8 Å². The number of carbonyl (C=O) groups is 1. The van der Waals surface area contributed by atoms with E-state index in [9.17, 15) is 4.79 Å². The van der Waals surface area contributed by atoms with Gasteiger partial charge in [0.25, 0.3) is 0 Å². The van der Waals surface area contributed by atoms with Crippen molar-refractivity contribution in [3.63, 3.8) is 0 Å². The van der Waals surface area contributed by atoms with Crippen molar-refractivity contribution in [1.82, 2.24) is 4.90 Å². The summed E-state index contributed by atoms with van der Waals surface area (Å²) in [6.45, 7) is 1.43. The Morgan fingerprint density at radius 2 is 2.28 bits per heavy atom. The molecule has 2 heterocycles. The fourth-order valence-corrected chi connectivity index (χ4v) is 2.65. The van der Waals surface area contributed by atoms with Crippen LogP contribution in [0.1, 0.15) is 12.0 Å².